The summed E-state index contributed by atoms with van der Waals surface area (Å²) in [7, 11) is 0. The van der Waals surface area contributed by atoms with E-state index in [2.05, 4.69) is 10.9 Å². The molecule has 0 radical (unpaired) electrons. The van der Waals surface area contributed by atoms with Crippen LogP contribution in [0.5, 0.6) is 23.0 Å². The maximum absolute atomic E-state index is 12.3. The zero-order valence-corrected chi connectivity index (χ0v) is 16.4. The smallest absolute Gasteiger partial charge is 0.269 e. The Hall–Kier alpha value is -3.42. The predicted octanol–water partition coefficient (Wildman–Crippen LogP) is 2.26. The lowest BCUT2D eigenvalue weighted by Crippen LogP contribution is -2.42. The van der Waals surface area contributed by atoms with Crippen molar-refractivity contribution in [1.82, 2.24) is 10.9 Å². The summed E-state index contributed by atoms with van der Waals surface area (Å²) in [6.07, 6.45) is 0.0773. The summed E-state index contributed by atoms with van der Waals surface area (Å²) in [6, 6.07) is 10.2. The molecule has 0 saturated carbocycles. The van der Waals surface area contributed by atoms with Gasteiger partial charge in [0, 0.05) is 5.56 Å². The second-order valence-electron chi connectivity index (χ2n) is 6.18. The Balaban J connectivity index is 1.57. The molecule has 8 nitrogen and oxygen atoms in total. The SMILES string of the molecule is CCOc1ccc(CC(=O)NNC(=O)c2ccc3c(c2)OCCO3)cc1OCC. The quantitative estimate of drug-likeness (QED) is 0.693. The number of ether oxygens (including phenoxy) is 4. The molecule has 0 aliphatic carbocycles. The Morgan fingerprint density at radius 1 is 0.897 bits per heavy atom. The van der Waals surface area contributed by atoms with Crippen molar-refractivity contribution in [3.63, 3.8) is 0 Å². The molecule has 0 spiro atoms. The largest absolute Gasteiger partial charge is 0.490 e. The number of carbonyl (C=O) groups excluding carboxylic acids is 2. The average molecular weight is 400 g/mol. The molecule has 3 rings (SSSR count). The first-order valence-corrected chi connectivity index (χ1v) is 9.48. The maximum atomic E-state index is 12.3. The third kappa shape index (κ3) is 5.31. The molecule has 2 aromatic rings. The van der Waals surface area contributed by atoms with E-state index < -0.39 is 5.91 Å². The van der Waals surface area contributed by atoms with E-state index in [-0.39, 0.29) is 12.3 Å². The second-order valence-corrected chi connectivity index (χ2v) is 6.18. The third-order valence-corrected chi connectivity index (χ3v) is 4.09. The van der Waals surface area contributed by atoms with Gasteiger partial charge in [-0.3, -0.25) is 20.4 Å². The van der Waals surface area contributed by atoms with E-state index >= 15 is 0 Å². The van der Waals surface area contributed by atoms with Crippen LogP contribution in [-0.2, 0) is 11.2 Å². The molecule has 2 N–H and O–H groups in total. The zero-order valence-electron chi connectivity index (χ0n) is 16.4. The van der Waals surface area contributed by atoms with Gasteiger partial charge < -0.3 is 18.9 Å². The highest BCUT2D eigenvalue weighted by molar-refractivity contribution is 5.96. The van der Waals surface area contributed by atoms with Crippen LogP contribution in [-0.4, -0.2) is 38.2 Å². The van der Waals surface area contributed by atoms with Gasteiger partial charge in [-0.05, 0) is 49.7 Å². The van der Waals surface area contributed by atoms with Gasteiger partial charge in [0.2, 0.25) is 5.91 Å². The Kier molecular flexibility index (Phi) is 6.78. The molecule has 2 amide bonds. The van der Waals surface area contributed by atoms with E-state index in [9.17, 15) is 9.59 Å². The van der Waals surface area contributed by atoms with Crippen molar-refractivity contribution in [2.75, 3.05) is 26.4 Å². The minimum atomic E-state index is -0.447. The van der Waals surface area contributed by atoms with Gasteiger partial charge in [-0.2, -0.15) is 0 Å². The summed E-state index contributed by atoms with van der Waals surface area (Å²) in [4.78, 5) is 24.5. The number of nitrogens with one attached hydrogen (secondary N) is 2. The van der Waals surface area contributed by atoms with E-state index in [1.807, 2.05) is 13.8 Å². The van der Waals surface area contributed by atoms with Crippen LogP contribution in [0.4, 0.5) is 0 Å². The van der Waals surface area contributed by atoms with Crippen LogP contribution in [0.3, 0.4) is 0 Å². The van der Waals surface area contributed by atoms with Crippen LogP contribution >= 0.6 is 0 Å². The maximum Gasteiger partial charge on any atom is 0.269 e. The van der Waals surface area contributed by atoms with E-state index in [1.165, 1.54) is 0 Å². The molecule has 0 unspecified atom stereocenters. The van der Waals surface area contributed by atoms with Crippen molar-refractivity contribution >= 4 is 11.8 Å². The van der Waals surface area contributed by atoms with Crippen molar-refractivity contribution in [2.24, 2.45) is 0 Å². The van der Waals surface area contributed by atoms with Gasteiger partial charge in [-0.15, -0.1) is 0 Å². The molecule has 1 aliphatic heterocycles. The number of hydrogen-bond donors (Lipinski definition) is 2. The molecule has 0 aromatic heterocycles. The predicted molar refractivity (Wildman–Crippen MR) is 106 cm³/mol. The van der Waals surface area contributed by atoms with Crippen LogP contribution in [0.1, 0.15) is 29.8 Å². The van der Waals surface area contributed by atoms with Gasteiger partial charge in [-0.1, -0.05) is 6.07 Å². The third-order valence-electron chi connectivity index (χ3n) is 4.09. The fraction of sp³-hybridized carbons (Fsp3) is 0.333. The second kappa shape index (κ2) is 9.68. The van der Waals surface area contributed by atoms with Crippen LogP contribution in [0.15, 0.2) is 36.4 Å². The number of amides is 2. The van der Waals surface area contributed by atoms with Crippen LogP contribution in [0.25, 0.3) is 0 Å². The van der Waals surface area contributed by atoms with Gasteiger partial charge in [0.1, 0.15) is 13.2 Å². The molecule has 29 heavy (non-hydrogen) atoms. The summed E-state index contributed by atoms with van der Waals surface area (Å²) in [5, 5.41) is 0. The zero-order chi connectivity index (χ0) is 20.6. The fourth-order valence-electron chi connectivity index (χ4n) is 2.82. The standard InChI is InChI=1S/C21H24N2O6/c1-3-26-16-7-5-14(11-18(16)27-4-2)12-20(24)22-23-21(25)15-6-8-17-19(13-15)29-10-9-28-17/h5-8,11,13H,3-4,9-10,12H2,1-2H3,(H,22,24)(H,23,25). The number of benzene rings is 2. The molecule has 154 valence electrons. The minimum absolute atomic E-state index is 0.0773. The molecule has 0 bridgehead atoms. The molecule has 0 saturated heterocycles. The van der Waals surface area contributed by atoms with E-state index in [0.29, 0.717) is 55.0 Å². The van der Waals surface area contributed by atoms with Crippen molar-refractivity contribution in [3.8, 4) is 23.0 Å². The van der Waals surface area contributed by atoms with E-state index in [4.69, 9.17) is 18.9 Å². The van der Waals surface area contributed by atoms with Crippen molar-refractivity contribution in [2.45, 2.75) is 20.3 Å². The highest BCUT2D eigenvalue weighted by atomic mass is 16.6. The van der Waals surface area contributed by atoms with Gasteiger partial charge in [0.25, 0.3) is 5.91 Å². The Morgan fingerprint density at radius 3 is 2.38 bits per heavy atom. The first-order valence-electron chi connectivity index (χ1n) is 9.48. The summed E-state index contributed by atoms with van der Waals surface area (Å²) >= 11 is 0. The molecular weight excluding hydrogens is 376 g/mol. The van der Waals surface area contributed by atoms with Crippen molar-refractivity contribution < 1.29 is 28.5 Å². The lowest BCUT2D eigenvalue weighted by molar-refractivity contribution is -0.121. The lowest BCUT2D eigenvalue weighted by atomic mass is 10.1. The van der Waals surface area contributed by atoms with Crippen LogP contribution in [0.2, 0.25) is 0 Å². The highest BCUT2D eigenvalue weighted by Crippen LogP contribution is 2.31. The average Bonchev–Trinajstić information content (AvgIpc) is 2.74. The summed E-state index contributed by atoms with van der Waals surface area (Å²) in [6.45, 7) is 5.68. The molecule has 1 aliphatic rings. The molecule has 0 fully saturated rings. The van der Waals surface area contributed by atoms with E-state index in [0.717, 1.165) is 5.56 Å². The topological polar surface area (TPSA) is 95.1 Å². The number of carbonyl (C=O) groups is 2. The Bertz CT molecular complexity index is 883. The number of hydrogen-bond acceptors (Lipinski definition) is 6. The normalized spacial score (nSPS) is 12.1. The molecule has 2 aromatic carbocycles. The van der Waals surface area contributed by atoms with Gasteiger partial charge in [-0.25, -0.2) is 0 Å². The van der Waals surface area contributed by atoms with Crippen LogP contribution < -0.4 is 29.8 Å². The number of rotatable bonds is 7. The lowest BCUT2D eigenvalue weighted by Gasteiger charge is -2.18. The Morgan fingerprint density at radius 2 is 1.62 bits per heavy atom. The first kappa shape index (κ1) is 20.3. The summed E-state index contributed by atoms with van der Waals surface area (Å²) in [5.41, 5.74) is 5.92. The minimum Gasteiger partial charge on any atom is -0.490 e. The van der Waals surface area contributed by atoms with Crippen LogP contribution in [0, 0.1) is 0 Å². The fourth-order valence-corrected chi connectivity index (χ4v) is 2.82. The summed E-state index contributed by atoms with van der Waals surface area (Å²) in [5.74, 6) is 1.51. The summed E-state index contributed by atoms with van der Waals surface area (Å²) < 4.78 is 22.0. The van der Waals surface area contributed by atoms with Crippen molar-refractivity contribution in [1.29, 1.82) is 0 Å². The number of hydrazine groups is 1. The molecular formula is C21H24N2O6. The van der Waals surface area contributed by atoms with Gasteiger partial charge in [0.05, 0.1) is 19.6 Å². The molecule has 1 heterocycles. The highest BCUT2D eigenvalue weighted by Gasteiger charge is 2.16. The van der Waals surface area contributed by atoms with Gasteiger partial charge in [0.15, 0.2) is 23.0 Å². The number of fused-ring (bicyclic) bond motifs is 1. The monoisotopic (exact) mass is 400 g/mol. The molecule has 8 heteroatoms. The molecule has 0 atom stereocenters. The van der Waals surface area contributed by atoms with Gasteiger partial charge >= 0.3 is 0 Å². The first-order chi connectivity index (χ1) is 14.1. The van der Waals surface area contributed by atoms with E-state index in [1.54, 1.807) is 36.4 Å². The van der Waals surface area contributed by atoms with Crippen molar-refractivity contribution in [3.05, 3.63) is 47.5 Å². The Labute approximate surface area is 169 Å².